The zero-order chi connectivity index (χ0) is 30.4. The van der Waals surface area contributed by atoms with Crippen LogP contribution in [0.4, 0.5) is 11.5 Å². The second-order valence-electron chi connectivity index (χ2n) is 12.7. The van der Waals surface area contributed by atoms with Crippen LogP contribution in [0.3, 0.4) is 0 Å². The molecule has 0 unspecified atom stereocenters. The Kier molecular flexibility index (Phi) is 10.2. The third-order valence-electron chi connectivity index (χ3n) is 8.56. The summed E-state index contributed by atoms with van der Waals surface area (Å²) < 4.78 is 5.62. The lowest BCUT2D eigenvalue weighted by atomic mass is 9.85. The number of likely N-dealkylation sites (N-methyl/N-ethyl adjacent to an activating group) is 1. The Morgan fingerprint density at radius 1 is 1.07 bits per heavy atom. The average Bonchev–Trinajstić information content (AvgIpc) is 3.48. The number of nitrogens with zero attached hydrogens (tertiary/aromatic N) is 3. The number of amides is 3. The van der Waals surface area contributed by atoms with Gasteiger partial charge in [0.2, 0.25) is 17.7 Å². The molecule has 2 heterocycles. The number of rotatable bonds is 10. The van der Waals surface area contributed by atoms with Crippen LogP contribution in [-0.4, -0.2) is 78.0 Å². The van der Waals surface area contributed by atoms with Gasteiger partial charge in [-0.25, -0.2) is 9.97 Å². The molecule has 11 nitrogen and oxygen atoms in total. The molecular weight excluding hydrogens is 534 g/mol. The Bertz CT molecular complexity index is 1270. The first kappa shape index (κ1) is 31.5. The summed E-state index contributed by atoms with van der Waals surface area (Å²) in [6.45, 7) is 8.76. The number of fused-ring (bicyclic) bond motifs is 1. The van der Waals surface area contributed by atoms with Crippen LogP contribution in [0.25, 0.3) is 10.9 Å². The molecule has 3 atom stereocenters. The number of benzene rings is 1. The molecule has 2 fully saturated rings. The molecule has 0 bridgehead atoms. The minimum Gasteiger partial charge on any atom is -0.494 e. The summed E-state index contributed by atoms with van der Waals surface area (Å²) in [5.41, 5.74) is 0.656. The van der Waals surface area contributed by atoms with Crippen molar-refractivity contribution < 1.29 is 19.1 Å². The molecule has 3 amide bonds. The number of hydrogen-bond donors (Lipinski definition) is 4. The Labute approximate surface area is 248 Å². The van der Waals surface area contributed by atoms with E-state index in [9.17, 15) is 14.4 Å². The lowest BCUT2D eigenvalue weighted by molar-refractivity contribution is -0.143. The Hall–Kier alpha value is -3.47. The van der Waals surface area contributed by atoms with Crippen molar-refractivity contribution in [2.24, 2.45) is 11.3 Å². The second-order valence-corrected chi connectivity index (χ2v) is 12.7. The standard InChI is InChI=1S/C31H47N7O4/c1-19(32-5)28(39)37-26(31(2,3)4)30(41)38-14-10-13-24(38)29(40)36-23-15-21-22(16-25(23)42-6)34-18-35-27(21)33-17-20-11-8-7-9-12-20/h15-16,18-20,24,26,32H,7-14,17H2,1-6H3,(H,36,40)(H,37,39)(H,33,34,35)/t19-,24-,26+/m0/s1. The summed E-state index contributed by atoms with van der Waals surface area (Å²) >= 11 is 0. The molecule has 0 spiro atoms. The van der Waals surface area contributed by atoms with Crippen LogP contribution in [0.2, 0.25) is 0 Å². The summed E-state index contributed by atoms with van der Waals surface area (Å²) in [5.74, 6) is 1.00. The van der Waals surface area contributed by atoms with Gasteiger partial charge in [-0.2, -0.15) is 0 Å². The van der Waals surface area contributed by atoms with Crippen LogP contribution < -0.4 is 26.0 Å². The highest BCUT2D eigenvalue weighted by Crippen LogP contribution is 2.34. The maximum Gasteiger partial charge on any atom is 0.247 e. The molecule has 1 aromatic heterocycles. The molecule has 1 saturated heterocycles. The number of carbonyl (C=O) groups excluding carboxylic acids is 3. The molecular formula is C31H47N7O4. The Balaban J connectivity index is 1.54. The lowest BCUT2D eigenvalue weighted by Gasteiger charge is -2.36. The normalized spacial score (nSPS) is 19.3. The summed E-state index contributed by atoms with van der Waals surface area (Å²) in [6.07, 6.45) is 9.04. The second kappa shape index (κ2) is 13.7. The maximum absolute atomic E-state index is 13.8. The molecule has 1 aromatic carbocycles. The molecule has 230 valence electrons. The highest BCUT2D eigenvalue weighted by Gasteiger charge is 2.42. The molecule has 4 N–H and O–H groups in total. The van der Waals surface area contributed by atoms with E-state index < -0.39 is 23.5 Å². The van der Waals surface area contributed by atoms with Gasteiger partial charge in [-0.05, 0) is 57.1 Å². The van der Waals surface area contributed by atoms with Gasteiger partial charge in [0.05, 0.1) is 24.4 Å². The molecule has 2 aromatic rings. The Morgan fingerprint density at radius 3 is 2.48 bits per heavy atom. The molecule has 11 heteroatoms. The summed E-state index contributed by atoms with van der Waals surface area (Å²) in [4.78, 5) is 50.7. The van der Waals surface area contributed by atoms with E-state index in [1.165, 1.54) is 38.4 Å². The fourth-order valence-electron chi connectivity index (χ4n) is 5.86. The number of aromatic nitrogens is 2. The number of likely N-dealkylation sites (tertiary alicyclic amines) is 1. The molecule has 42 heavy (non-hydrogen) atoms. The van der Waals surface area contributed by atoms with Crippen molar-refractivity contribution in [1.29, 1.82) is 0 Å². The first-order valence-electron chi connectivity index (χ1n) is 15.2. The van der Waals surface area contributed by atoms with Crippen LogP contribution in [-0.2, 0) is 14.4 Å². The SMILES string of the molecule is CN[C@@H](C)C(=O)N[C@H](C(=O)N1CCC[C@H]1C(=O)Nc1cc2c(NCC3CCCCC3)ncnc2cc1OC)C(C)(C)C. The van der Waals surface area contributed by atoms with Crippen LogP contribution in [0.1, 0.15) is 72.6 Å². The molecule has 0 radical (unpaired) electrons. The van der Waals surface area contributed by atoms with Crippen LogP contribution >= 0.6 is 0 Å². The number of hydrogen-bond acceptors (Lipinski definition) is 8. The molecule has 1 aliphatic heterocycles. The van der Waals surface area contributed by atoms with Crippen molar-refractivity contribution in [1.82, 2.24) is 25.5 Å². The number of nitrogens with one attached hydrogen (secondary N) is 4. The first-order valence-corrected chi connectivity index (χ1v) is 15.2. The minimum absolute atomic E-state index is 0.259. The fraction of sp³-hybridized carbons (Fsp3) is 0.645. The molecule has 1 saturated carbocycles. The van der Waals surface area contributed by atoms with Gasteiger partial charge < -0.3 is 30.9 Å². The number of ether oxygens (including phenoxy) is 1. The summed E-state index contributed by atoms with van der Waals surface area (Å²) in [7, 11) is 3.25. The van der Waals surface area contributed by atoms with Crippen molar-refractivity contribution in [3.05, 3.63) is 18.5 Å². The zero-order valence-electron chi connectivity index (χ0n) is 25.9. The van der Waals surface area contributed by atoms with Gasteiger partial charge in [-0.1, -0.05) is 40.0 Å². The minimum atomic E-state index is -0.778. The van der Waals surface area contributed by atoms with Crippen molar-refractivity contribution in [2.45, 2.75) is 90.8 Å². The number of carbonyl (C=O) groups is 3. The van der Waals surface area contributed by atoms with Crippen molar-refractivity contribution >= 4 is 40.1 Å². The number of anilines is 2. The predicted octanol–water partition coefficient (Wildman–Crippen LogP) is 3.70. The van der Waals surface area contributed by atoms with E-state index in [-0.39, 0.29) is 17.7 Å². The quantitative estimate of drug-likeness (QED) is 0.333. The van der Waals surface area contributed by atoms with Crippen molar-refractivity contribution in [3.8, 4) is 5.75 Å². The van der Waals surface area contributed by atoms with Crippen LogP contribution in [0.15, 0.2) is 18.5 Å². The fourth-order valence-corrected chi connectivity index (χ4v) is 5.86. The van der Waals surface area contributed by atoms with E-state index >= 15 is 0 Å². The lowest BCUT2D eigenvalue weighted by Crippen LogP contribution is -2.59. The number of methoxy groups -OCH3 is 1. The highest BCUT2D eigenvalue weighted by atomic mass is 16.5. The van der Waals surface area contributed by atoms with E-state index in [0.29, 0.717) is 42.3 Å². The summed E-state index contributed by atoms with van der Waals surface area (Å²) in [6, 6.07) is 1.74. The van der Waals surface area contributed by atoms with Gasteiger partial charge in [0.1, 0.15) is 30.0 Å². The smallest absolute Gasteiger partial charge is 0.247 e. The van der Waals surface area contributed by atoms with Crippen LogP contribution in [0, 0.1) is 11.3 Å². The average molecular weight is 582 g/mol. The highest BCUT2D eigenvalue weighted by molar-refractivity contribution is 6.02. The van der Waals surface area contributed by atoms with Gasteiger partial charge in [-0.3, -0.25) is 14.4 Å². The van der Waals surface area contributed by atoms with Gasteiger partial charge >= 0.3 is 0 Å². The van der Waals surface area contributed by atoms with Crippen molar-refractivity contribution in [2.75, 3.05) is 37.9 Å². The Morgan fingerprint density at radius 2 is 1.81 bits per heavy atom. The largest absolute Gasteiger partial charge is 0.494 e. The van der Waals surface area contributed by atoms with Gasteiger partial charge in [-0.15, -0.1) is 0 Å². The molecule has 1 aliphatic carbocycles. The van der Waals surface area contributed by atoms with E-state index in [1.807, 2.05) is 26.8 Å². The van der Waals surface area contributed by atoms with Gasteiger partial charge in [0.15, 0.2) is 0 Å². The third kappa shape index (κ3) is 7.29. The van der Waals surface area contributed by atoms with E-state index in [2.05, 4.69) is 31.2 Å². The van der Waals surface area contributed by atoms with Gasteiger partial charge in [0.25, 0.3) is 0 Å². The van der Waals surface area contributed by atoms with E-state index in [4.69, 9.17) is 4.74 Å². The zero-order valence-corrected chi connectivity index (χ0v) is 25.9. The van der Waals surface area contributed by atoms with E-state index in [0.717, 1.165) is 17.7 Å². The summed E-state index contributed by atoms with van der Waals surface area (Å²) in [5, 5.41) is 13.1. The molecule has 4 rings (SSSR count). The maximum atomic E-state index is 13.8. The van der Waals surface area contributed by atoms with Crippen LogP contribution in [0.5, 0.6) is 5.75 Å². The van der Waals surface area contributed by atoms with Gasteiger partial charge in [0, 0.05) is 24.5 Å². The monoisotopic (exact) mass is 581 g/mol. The predicted molar refractivity (Wildman–Crippen MR) is 164 cm³/mol. The molecule has 2 aliphatic rings. The topological polar surface area (TPSA) is 138 Å². The van der Waals surface area contributed by atoms with E-state index in [1.54, 1.807) is 32.0 Å². The third-order valence-corrected chi connectivity index (χ3v) is 8.56. The van der Waals surface area contributed by atoms with Crippen molar-refractivity contribution in [3.63, 3.8) is 0 Å². The first-order chi connectivity index (χ1) is 20.0.